The molecule has 2 heterocycles. The van der Waals surface area contributed by atoms with E-state index in [1.54, 1.807) is 12.3 Å². The molecule has 1 saturated heterocycles. The smallest absolute Gasteiger partial charge is 0.357 e. The molecular weight excluding hydrogens is 334 g/mol. The van der Waals surface area contributed by atoms with Crippen molar-refractivity contribution in [1.82, 2.24) is 9.88 Å². The summed E-state index contributed by atoms with van der Waals surface area (Å²) >= 11 is 1.52. The van der Waals surface area contributed by atoms with Crippen LogP contribution in [0.2, 0.25) is 0 Å². The molecule has 0 aliphatic carbocycles. The molecule has 1 fully saturated rings. The summed E-state index contributed by atoms with van der Waals surface area (Å²) in [6.07, 6.45) is 0. The van der Waals surface area contributed by atoms with Gasteiger partial charge in [-0.25, -0.2) is 9.78 Å². The predicted octanol–water partition coefficient (Wildman–Crippen LogP) is 3.26. The number of benzene rings is 1. The molecule has 1 aliphatic rings. The Balaban J connectivity index is 1.57. The minimum absolute atomic E-state index is 0.335. The lowest BCUT2D eigenvalue weighted by atomic mass is 10.0. The normalized spacial score (nSPS) is 15.4. The molecular formula is C19H25N3O2S. The number of aromatic nitrogens is 1. The van der Waals surface area contributed by atoms with Crippen LogP contribution in [-0.2, 0) is 11.3 Å². The number of hydrogen-bond donors (Lipinski definition) is 0. The standard InChI is InChI=1S/C19H25N3O2S/c1-4-24-18(23)17-13-25-19(20-17)22-9-7-21(8-10-22)12-16-11-14(2)5-6-15(16)3/h5-6,11,13H,4,7-10,12H2,1-3H3. The Morgan fingerprint density at radius 3 is 2.72 bits per heavy atom. The van der Waals surface area contributed by atoms with Crippen molar-refractivity contribution >= 4 is 22.4 Å². The molecule has 0 atom stereocenters. The van der Waals surface area contributed by atoms with Crippen molar-refractivity contribution in [3.63, 3.8) is 0 Å². The van der Waals surface area contributed by atoms with E-state index in [0.29, 0.717) is 12.3 Å². The summed E-state index contributed by atoms with van der Waals surface area (Å²) in [5.74, 6) is -0.335. The van der Waals surface area contributed by atoms with E-state index in [2.05, 4.69) is 46.8 Å². The van der Waals surface area contributed by atoms with Crippen LogP contribution in [0, 0.1) is 13.8 Å². The molecule has 1 aromatic carbocycles. The van der Waals surface area contributed by atoms with Crippen LogP contribution < -0.4 is 4.90 Å². The summed E-state index contributed by atoms with van der Waals surface area (Å²) in [4.78, 5) is 20.9. The number of rotatable bonds is 5. The third-order valence-corrected chi connectivity index (χ3v) is 5.42. The maximum Gasteiger partial charge on any atom is 0.357 e. The summed E-state index contributed by atoms with van der Waals surface area (Å²) < 4.78 is 5.01. The molecule has 0 unspecified atom stereocenters. The predicted molar refractivity (Wildman–Crippen MR) is 101 cm³/mol. The highest BCUT2D eigenvalue weighted by atomic mass is 32.1. The lowest BCUT2D eigenvalue weighted by molar-refractivity contribution is 0.0520. The van der Waals surface area contributed by atoms with Crippen molar-refractivity contribution in [2.45, 2.75) is 27.3 Å². The second-order valence-corrected chi connectivity index (χ2v) is 7.27. The van der Waals surface area contributed by atoms with Crippen molar-refractivity contribution in [3.05, 3.63) is 46.0 Å². The number of aryl methyl sites for hydroxylation is 2. The zero-order valence-electron chi connectivity index (χ0n) is 15.1. The van der Waals surface area contributed by atoms with Crippen LogP contribution in [0.15, 0.2) is 23.6 Å². The average molecular weight is 359 g/mol. The Bertz CT molecular complexity index is 736. The number of carbonyl (C=O) groups excluding carboxylic acids is 1. The Hall–Kier alpha value is -1.92. The Morgan fingerprint density at radius 1 is 1.24 bits per heavy atom. The van der Waals surface area contributed by atoms with E-state index in [9.17, 15) is 4.79 Å². The van der Waals surface area contributed by atoms with Gasteiger partial charge in [0.25, 0.3) is 0 Å². The molecule has 0 amide bonds. The molecule has 5 nitrogen and oxygen atoms in total. The molecule has 0 spiro atoms. The largest absolute Gasteiger partial charge is 0.461 e. The first-order chi connectivity index (χ1) is 12.1. The Morgan fingerprint density at radius 2 is 2.00 bits per heavy atom. The Kier molecular flexibility index (Phi) is 5.71. The highest BCUT2D eigenvalue weighted by Crippen LogP contribution is 2.23. The lowest BCUT2D eigenvalue weighted by Gasteiger charge is -2.34. The number of carbonyl (C=O) groups is 1. The summed E-state index contributed by atoms with van der Waals surface area (Å²) in [6, 6.07) is 6.65. The van der Waals surface area contributed by atoms with E-state index >= 15 is 0 Å². The van der Waals surface area contributed by atoms with Gasteiger partial charge in [-0.05, 0) is 31.9 Å². The molecule has 1 aliphatic heterocycles. The van der Waals surface area contributed by atoms with E-state index in [4.69, 9.17) is 4.74 Å². The first-order valence-corrected chi connectivity index (χ1v) is 9.61. The maximum atomic E-state index is 11.8. The topological polar surface area (TPSA) is 45.7 Å². The second kappa shape index (κ2) is 7.97. The van der Waals surface area contributed by atoms with Crippen LogP contribution in [0.5, 0.6) is 0 Å². The van der Waals surface area contributed by atoms with Crippen LogP contribution in [0.1, 0.15) is 34.1 Å². The van der Waals surface area contributed by atoms with Crippen molar-refractivity contribution in [2.24, 2.45) is 0 Å². The maximum absolute atomic E-state index is 11.8. The fraction of sp³-hybridized carbons (Fsp3) is 0.474. The van der Waals surface area contributed by atoms with Crippen LogP contribution in [0.4, 0.5) is 5.13 Å². The van der Waals surface area contributed by atoms with E-state index in [-0.39, 0.29) is 5.97 Å². The molecule has 1 aromatic heterocycles. The number of ether oxygens (including phenoxy) is 1. The number of hydrogen-bond acceptors (Lipinski definition) is 6. The fourth-order valence-corrected chi connectivity index (χ4v) is 3.87. The number of anilines is 1. The summed E-state index contributed by atoms with van der Waals surface area (Å²) in [5.41, 5.74) is 4.49. The monoisotopic (exact) mass is 359 g/mol. The van der Waals surface area contributed by atoms with Crippen LogP contribution in [0.25, 0.3) is 0 Å². The number of nitrogens with zero attached hydrogens (tertiary/aromatic N) is 3. The highest BCUT2D eigenvalue weighted by Gasteiger charge is 2.21. The zero-order chi connectivity index (χ0) is 17.8. The molecule has 2 aromatic rings. The van der Waals surface area contributed by atoms with Crippen LogP contribution in [-0.4, -0.2) is 48.6 Å². The van der Waals surface area contributed by atoms with Gasteiger partial charge >= 0.3 is 5.97 Å². The van der Waals surface area contributed by atoms with Crippen LogP contribution >= 0.6 is 11.3 Å². The van der Waals surface area contributed by atoms with Gasteiger partial charge in [0, 0.05) is 38.1 Å². The molecule has 0 saturated carbocycles. The van der Waals surface area contributed by atoms with Gasteiger partial charge in [0.05, 0.1) is 6.61 Å². The summed E-state index contributed by atoms with van der Waals surface area (Å²) in [6.45, 7) is 11.4. The Labute approximate surface area is 153 Å². The van der Waals surface area contributed by atoms with Crippen LogP contribution in [0.3, 0.4) is 0 Å². The average Bonchev–Trinajstić information content (AvgIpc) is 3.09. The molecule has 0 radical (unpaired) electrons. The minimum Gasteiger partial charge on any atom is -0.461 e. The quantitative estimate of drug-likeness (QED) is 0.767. The van der Waals surface area contributed by atoms with Crippen molar-refractivity contribution in [1.29, 1.82) is 0 Å². The van der Waals surface area contributed by atoms with E-state index in [1.807, 2.05) is 0 Å². The first kappa shape index (κ1) is 17.9. The SMILES string of the molecule is CCOC(=O)c1csc(N2CCN(Cc3cc(C)ccc3C)CC2)n1. The lowest BCUT2D eigenvalue weighted by Crippen LogP contribution is -2.46. The second-order valence-electron chi connectivity index (χ2n) is 6.43. The van der Waals surface area contributed by atoms with Gasteiger partial charge in [-0.15, -0.1) is 11.3 Å². The van der Waals surface area contributed by atoms with E-state index in [1.165, 1.54) is 28.0 Å². The molecule has 25 heavy (non-hydrogen) atoms. The van der Waals surface area contributed by atoms with Gasteiger partial charge in [0.1, 0.15) is 0 Å². The van der Waals surface area contributed by atoms with Gasteiger partial charge in [0.15, 0.2) is 10.8 Å². The summed E-state index contributed by atoms with van der Waals surface area (Å²) in [7, 11) is 0. The molecule has 3 rings (SSSR count). The molecule has 0 bridgehead atoms. The van der Waals surface area contributed by atoms with Gasteiger partial charge in [-0.1, -0.05) is 23.8 Å². The van der Waals surface area contributed by atoms with Crippen molar-refractivity contribution in [3.8, 4) is 0 Å². The van der Waals surface area contributed by atoms with E-state index in [0.717, 1.165) is 37.9 Å². The number of thiazole rings is 1. The zero-order valence-corrected chi connectivity index (χ0v) is 15.9. The molecule has 6 heteroatoms. The first-order valence-electron chi connectivity index (χ1n) is 8.73. The number of esters is 1. The third-order valence-electron chi connectivity index (χ3n) is 4.52. The van der Waals surface area contributed by atoms with Gasteiger partial charge < -0.3 is 9.64 Å². The molecule has 134 valence electrons. The highest BCUT2D eigenvalue weighted by molar-refractivity contribution is 7.13. The van der Waals surface area contributed by atoms with Gasteiger partial charge in [-0.3, -0.25) is 4.90 Å². The minimum atomic E-state index is -0.335. The van der Waals surface area contributed by atoms with Crippen molar-refractivity contribution < 1.29 is 9.53 Å². The third kappa shape index (κ3) is 4.38. The van der Waals surface area contributed by atoms with Gasteiger partial charge in [0.2, 0.25) is 0 Å². The van der Waals surface area contributed by atoms with Crippen molar-refractivity contribution in [2.75, 3.05) is 37.7 Å². The molecule has 0 N–H and O–H groups in total. The number of piperazine rings is 1. The van der Waals surface area contributed by atoms with E-state index < -0.39 is 0 Å². The van der Waals surface area contributed by atoms with Gasteiger partial charge in [-0.2, -0.15) is 0 Å². The summed E-state index contributed by atoms with van der Waals surface area (Å²) in [5, 5.41) is 2.70. The fourth-order valence-electron chi connectivity index (χ4n) is 3.02.